The van der Waals surface area contributed by atoms with Crippen LogP contribution in [0.2, 0.25) is 0 Å². The summed E-state index contributed by atoms with van der Waals surface area (Å²) in [5.74, 6) is 0.613. The third-order valence-corrected chi connectivity index (χ3v) is 6.24. The number of aromatic nitrogens is 4. The first-order valence-corrected chi connectivity index (χ1v) is 10.2. The van der Waals surface area contributed by atoms with Gasteiger partial charge in [-0.15, -0.1) is 0 Å². The van der Waals surface area contributed by atoms with Crippen molar-refractivity contribution in [3.63, 3.8) is 0 Å². The second kappa shape index (κ2) is 6.83. The van der Waals surface area contributed by atoms with Crippen LogP contribution >= 0.6 is 0 Å². The molecule has 3 N–H and O–H groups in total. The van der Waals surface area contributed by atoms with Crippen LogP contribution in [0.3, 0.4) is 0 Å². The molecule has 0 atom stereocenters. The highest BCUT2D eigenvalue weighted by Crippen LogP contribution is 2.38. The molecule has 4 heterocycles. The Hall–Kier alpha value is -3.42. The summed E-state index contributed by atoms with van der Waals surface area (Å²) in [4.78, 5) is 20.7. The minimum absolute atomic E-state index is 0.202. The number of carboxylic acids is 1. The Bertz CT molecular complexity index is 1280. The SMILES string of the molecule is Cc1cc2cc(-c3cnn4c(N)c(C)c(C5CCC(C(=O)O)CC5)nc34)cnc2o1. The fourth-order valence-corrected chi connectivity index (χ4v) is 4.53. The summed E-state index contributed by atoms with van der Waals surface area (Å²) in [5.41, 5.74) is 11.3. The number of nitrogen functional groups attached to an aromatic ring is 1. The molecular formula is C22H23N5O3. The van der Waals surface area contributed by atoms with Crippen molar-refractivity contribution in [3.8, 4) is 11.1 Å². The highest BCUT2D eigenvalue weighted by molar-refractivity contribution is 5.85. The number of carboxylic acid groups (broad SMARTS) is 1. The van der Waals surface area contributed by atoms with Crippen LogP contribution in [-0.4, -0.2) is 30.7 Å². The number of hydrogen-bond donors (Lipinski definition) is 2. The molecule has 0 saturated heterocycles. The van der Waals surface area contributed by atoms with E-state index in [-0.39, 0.29) is 11.8 Å². The van der Waals surface area contributed by atoms with E-state index in [1.54, 1.807) is 16.9 Å². The number of rotatable bonds is 3. The van der Waals surface area contributed by atoms with Crippen LogP contribution in [0, 0.1) is 19.8 Å². The fraction of sp³-hybridized carbons (Fsp3) is 0.364. The van der Waals surface area contributed by atoms with Gasteiger partial charge in [-0.05, 0) is 51.7 Å². The zero-order chi connectivity index (χ0) is 21.0. The first kappa shape index (κ1) is 18.6. The van der Waals surface area contributed by atoms with Crippen molar-refractivity contribution in [1.29, 1.82) is 0 Å². The maximum atomic E-state index is 11.3. The molecule has 0 radical (unpaired) electrons. The van der Waals surface area contributed by atoms with Crippen LogP contribution in [0.25, 0.3) is 27.9 Å². The van der Waals surface area contributed by atoms with E-state index in [0.717, 1.165) is 46.4 Å². The van der Waals surface area contributed by atoms with Gasteiger partial charge in [-0.3, -0.25) is 4.79 Å². The smallest absolute Gasteiger partial charge is 0.306 e. The van der Waals surface area contributed by atoms with Gasteiger partial charge in [-0.2, -0.15) is 9.61 Å². The minimum atomic E-state index is -0.705. The normalized spacial score (nSPS) is 19.5. The monoisotopic (exact) mass is 405 g/mol. The second-order valence-corrected chi connectivity index (χ2v) is 8.16. The van der Waals surface area contributed by atoms with Crippen molar-refractivity contribution in [2.45, 2.75) is 45.4 Å². The molecule has 30 heavy (non-hydrogen) atoms. The van der Waals surface area contributed by atoms with Crippen LogP contribution in [0.5, 0.6) is 0 Å². The summed E-state index contributed by atoms with van der Waals surface area (Å²) in [6.07, 6.45) is 6.45. The number of carbonyl (C=O) groups is 1. The maximum Gasteiger partial charge on any atom is 0.306 e. The average molecular weight is 405 g/mol. The van der Waals surface area contributed by atoms with E-state index in [9.17, 15) is 9.90 Å². The average Bonchev–Trinajstić information content (AvgIpc) is 3.32. The number of pyridine rings is 1. The predicted octanol–water partition coefficient (Wildman–Crippen LogP) is 4.09. The Morgan fingerprint density at radius 3 is 2.70 bits per heavy atom. The van der Waals surface area contributed by atoms with Gasteiger partial charge in [0, 0.05) is 34.2 Å². The van der Waals surface area contributed by atoms with Gasteiger partial charge < -0.3 is 15.3 Å². The quantitative estimate of drug-likeness (QED) is 0.526. The van der Waals surface area contributed by atoms with Crippen LogP contribution in [0.15, 0.2) is 28.9 Å². The zero-order valence-corrected chi connectivity index (χ0v) is 16.9. The van der Waals surface area contributed by atoms with Crippen molar-refractivity contribution in [1.82, 2.24) is 19.6 Å². The number of furan rings is 1. The molecule has 8 heteroatoms. The number of hydrogen-bond acceptors (Lipinski definition) is 6. The highest BCUT2D eigenvalue weighted by atomic mass is 16.4. The number of fused-ring (bicyclic) bond motifs is 2. The number of nitrogens with two attached hydrogens (primary N) is 1. The summed E-state index contributed by atoms with van der Waals surface area (Å²) in [5, 5.41) is 14.7. The molecule has 154 valence electrons. The van der Waals surface area contributed by atoms with Crippen LogP contribution in [0.1, 0.15) is 48.6 Å². The van der Waals surface area contributed by atoms with E-state index in [1.165, 1.54) is 0 Å². The molecule has 1 saturated carbocycles. The molecule has 5 rings (SSSR count). The summed E-state index contributed by atoms with van der Waals surface area (Å²) < 4.78 is 7.25. The Kier molecular flexibility index (Phi) is 4.23. The van der Waals surface area contributed by atoms with Crippen molar-refractivity contribution >= 4 is 28.5 Å². The summed E-state index contributed by atoms with van der Waals surface area (Å²) in [6.45, 7) is 3.86. The molecule has 1 aliphatic carbocycles. The zero-order valence-electron chi connectivity index (χ0n) is 16.9. The lowest BCUT2D eigenvalue weighted by molar-refractivity contribution is -0.142. The van der Waals surface area contributed by atoms with Gasteiger partial charge in [0.2, 0.25) is 5.71 Å². The topological polar surface area (TPSA) is 120 Å². The number of aryl methyl sites for hydroxylation is 1. The second-order valence-electron chi connectivity index (χ2n) is 8.16. The van der Waals surface area contributed by atoms with Crippen LogP contribution < -0.4 is 5.73 Å². The van der Waals surface area contributed by atoms with Crippen LogP contribution in [-0.2, 0) is 4.79 Å². The molecule has 4 aromatic heterocycles. The molecule has 1 aliphatic rings. The Labute approximate surface area is 172 Å². The molecule has 8 nitrogen and oxygen atoms in total. The van der Waals surface area contributed by atoms with E-state index in [4.69, 9.17) is 15.1 Å². The minimum Gasteiger partial charge on any atom is -0.481 e. The molecule has 0 aromatic carbocycles. The number of anilines is 1. The molecule has 0 aliphatic heterocycles. The molecular weight excluding hydrogens is 382 g/mol. The van der Waals surface area contributed by atoms with E-state index in [0.29, 0.717) is 30.0 Å². The highest BCUT2D eigenvalue weighted by Gasteiger charge is 2.29. The molecule has 0 amide bonds. The van der Waals surface area contributed by atoms with E-state index in [1.807, 2.05) is 26.0 Å². The molecule has 0 spiro atoms. The third kappa shape index (κ3) is 2.91. The molecule has 0 unspecified atom stereocenters. The van der Waals surface area contributed by atoms with Gasteiger partial charge in [-0.25, -0.2) is 9.97 Å². The van der Waals surface area contributed by atoms with Gasteiger partial charge in [-0.1, -0.05) is 0 Å². The first-order chi connectivity index (χ1) is 14.4. The van der Waals surface area contributed by atoms with E-state index in [2.05, 4.69) is 10.1 Å². The van der Waals surface area contributed by atoms with Gasteiger partial charge >= 0.3 is 5.97 Å². The lowest BCUT2D eigenvalue weighted by Gasteiger charge is -2.27. The Morgan fingerprint density at radius 1 is 1.20 bits per heavy atom. The molecule has 0 bridgehead atoms. The van der Waals surface area contributed by atoms with Gasteiger partial charge in [0.15, 0.2) is 5.65 Å². The van der Waals surface area contributed by atoms with Crippen molar-refractivity contribution in [2.24, 2.45) is 5.92 Å². The van der Waals surface area contributed by atoms with Gasteiger partial charge in [0.1, 0.15) is 11.6 Å². The standard InChI is InChI=1S/C22H23N5O3/c1-11-7-15-8-16(9-24-21(15)30-11)17-10-25-27-19(23)12(2)18(26-20(17)27)13-3-5-14(6-4-13)22(28)29/h7-10,13-14H,3-6,23H2,1-2H3,(H,28,29). The van der Waals surface area contributed by atoms with Crippen molar-refractivity contribution in [3.05, 3.63) is 41.5 Å². The largest absolute Gasteiger partial charge is 0.481 e. The van der Waals surface area contributed by atoms with Gasteiger partial charge in [0.25, 0.3) is 0 Å². The molecule has 4 aromatic rings. The first-order valence-electron chi connectivity index (χ1n) is 10.2. The van der Waals surface area contributed by atoms with Crippen LogP contribution in [0.4, 0.5) is 5.82 Å². The van der Waals surface area contributed by atoms with E-state index < -0.39 is 5.97 Å². The van der Waals surface area contributed by atoms with Crippen molar-refractivity contribution in [2.75, 3.05) is 5.73 Å². The van der Waals surface area contributed by atoms with Crippen molar-refractivity contribution < 1.29 is 14.3 Å². The third-order valence-electron chi connectivity index (χ3n) is 6.24. The Balaban J connectivity index is 1.58. The summed E-state index contributed by atoms with van der Waals surface area (Å²) in [6, 6.07) is 3.97. The summed E-state index contributed by atoms with van der Waals surface area (Å²) in [7, 11) is 0. The maximum absolute atomic E-state index is 11.3. The Morgan fingerprint density at radius 2 is 1.97 bits per heavy atom. The van der Waals surface area contributed by atoms with E-state index >= 15 is 0 Å². The van der Waals surface area contributed by atoms with Gasteiger partial charge in [0.05, 0.1) is 17.8 Å². The molecule has 1 fully saturated rings. The lowest BCUT2D eigenvalue weighted by Crippen LogP contribution is -2.22. The predicted molar refractivity (Wildman–Crippen MR) is 112 cm³/mol. The number of aliphatic carboxylic acids is 1. The lowest BCUT2D eigenvalue weighted by atomic mass is 9.79. The number of nitrogens with zero attached hydrogens (tertiary/aromatic N) is 4. The summed E-state index contributed by atoms with van der Waals surface area (Å²) >= 11 is 0. The fourth-order valence-electron chi connectivity index (χ4n) is 4.53.